The van der Waals surface area contributed by atoms with Gasteiger partial charge in [0.15, 0.2) is 0 Å². The maximum Gasteiger partial charge on any atom is -0.00943 e. The summed E-state index contributed by atoms with van der Waals surface area (Å²) in [7, 11) is 0. The summed E-state index contributed by atoms with van der Waals surface area (Å²) in [6.07, 6.45) is 13.2. The van der Waals surface area contributed by atoms with E-state index >= 15 is 0 Å². The van der Waals surface area contributed by atoms with Crippen LogP contribution in [0.3, 0.4) is 0 Å². The van der Waals surface area contributed by atoms with E-state index in [2.05, 4.69) is 30.9 Å². The molecule has 0 aliphatic heterocycles. The third-order valence-electron chi connectivity index (χ3n) is 1.25. The highest BCUT2D eigenvalue weighted by Crippen LogP contribution is 2.10. The van der Waals surface area contributed by atoms with E-state index in [1.807, 2.05) is 6.08 Å². The van der Waals surface area contributed by atoms with Gasteiger partial charge in [0, 0.05) is 0 Å². The molecule has 0 spiro atoms. The zero-order valence-corrected chi connectivity index (χ0v) is 5.38. The molecule has 1 aliphatic rings. The Morgan fingerprint density at radius 3 is 3.00 bits per heavy atom. The third kappa shape index (κ3) is 1.73. The predicted octanol–water partition coefficient (Wildman–Crippen LogP) is 2.61. The van der Waals surface area contributed by atoms with Gasteiger partial charge in [0.05, 0.1) is 0 Å². The molecule has 0 bridgehead atoms. The quantitative estimate of drug-likeness (QED) is 0.489. The first-order valence-corrected chi connectivity index (χ1v) is 3.08. The molecule has 0 aromatic heterocycles. The number of hydrogen-bond donors (Lipinski definition) is 0. The van der Waals surface area contributed by atoms with Crippen molar-refractivity contribution in [3.63, 3.8) is 0 Å². The van der Waals surface area contributed by atoms with Gasteiger partial charge in [-0.1, -0.05) is 43.0 Å². The molecule has 0 saturated heterocycles. The van der Waals surface area contributed by atoms with Gasteiger partial charge in [-0.05, 0) is 12.0 Å². The number of hydrogen-bond acceptors (Lipinski definition) is 0. The normalized spacial score (nSPS) is 16.7. The molecule has 0 N–H and O–H groups in total. The van der Waals surface area contributed by atoms with Crippen molar-refractivity contribution in [3.8, 4) is 0 Å². The molecule has 0 heteroatoms. The fourth-order valence-electron chi connectivity index (χ4n) is 0.779. The highest BCUT2D eigenvalue weighted by atomic mass is 14.0. The molecule has 9 heavy (non-hydrogen) atoms. The predicted molar refractivity (Wildman–Crippen MR) is 41.2 cm³/mol. The van der Waals surface area contributed by atoms with Gasteiger partial charge in [-0.2, -0.15) is 0 Å². The Morgan fingerprint density at radius 1 is 1.56 bits per heavy atom. The Kier molecular flexibility index (Phi) is 2.08. The van der Waals surface area contributed by atoms with Crippen LogP contribution >= 0.6 is 0 Å². The van der Waals surface area contributed by atoms with Crippen molar-refractivity contribution in [1.29, 1.82) is 0 Å². The lowest BCUT2D eigenvalue weighted by atomic mass is 10.2. The zero-order valence-electron chi connectivity index (χ0n) is 5.38. The molecule has 1 aliphatic carbocycles. The molecule has 0 unspecified atom stereocenters. The Balaban J connectivity index is 2.47. The molecular weight excluding hydrogens is 108 g/mol. The maximum absolute atomic E-state index is 3.59. The van der Waals surface area contributed by atoms with Gasteiger partial charge in [-0.3, -0.25) is 0 Å². The fraction of sp³-hybridized carbons (Fsp3) is 0.111. The molecule has 1 rings (SSSR count). The van der Waals surface area contributed by atoms with E-state index in [0.717, 1.165) is 6.42 Å². The van der Waals surface area contributed by atoms with Crippen molar-refractivity contribution in [3.05, 3.63) is 48.6 Å². The largest absolute Gasteiger partial charge is 0.0991 e. The molecular formula is C9H10. The molecule has 46 valence electrons. The second-order valence-corrected chi connectivity index (χ2v) is 1.97. The molecule has 0 amide bonds. The van der Waals surface area contributed by atoms with Crippen LogP contribution in [-0.4, -0.2) is 0 Å². The third-order valence-corrected chi connectivity index (χ3v) is 1.25. The summed E-state index contributed by atoms with van der Waals surface area (Å²) >= 11 is 0. The van der Waals surface area contributed by atoms with Gasteiger partial charge in [0.25, 0.3) is 0 Å². The van der Waals surface area contributed by atoms with Crippen molar-refractivity contribution in [2.45, 2.75) is 6.42 Å². The standard InChI is InChI=1S/C9H10/c1-2-3-6-9-7-4-5-8-9/h2-7H,1,8H2/b6-3+. The second-order valence-electron chi connectivity index (χ2n) is 1.97. The van der Waals surface area contributed by atoms with Crippen molar-refractivity contribution in [2.75, 3.05) is 0 Å². The summed E-state index contributed by atoms with van der Waals surface area (Å²) in [4.78, 5) is 0. The van der Waals surface area contributed by atoms with E-state index < -0.39 is 0 Å². The minimum absolute atomic E-state index is 1.07. The summed E-state index contributed by atoms with van der Waals surface area (Å²) in [5, 5.41) is 0. The maximum atomic E-state index is 3.59. The van der Waals surface area contributed by atoms with Crippen molar-refractivity contribution < 1.29 is 0 Å². The Morgan fingerprint density at radius 2 is 2.44 bits per heavy atom. The van der Waals surface area contributed by atoms with Crippen LogP contribution in [0.2, 0.25) is 0 Å². The Labute approximate surface area is 55.9 Å². The lowest BCUT2D eigenvalue weighted by Crippen LogP contribution is -1.65. The summed E-state index contributed by atoms with van der Waals surface area (Å²) in [6, 6.07) is 0. The topological polar surface area (TPSA) is 0 Å². The van der Waals surface area contributed by atoms with E-state index in [-0.39, 0.29) is 0 Å². The van der Waals surface area contributed by atoms with Gasteiger partial charge < -0.3 is 0 Å². The van der Waals surface area contributed by atoms with Crippen LogP contribution in [0.4, 0.5) is 0 Å². The summed E-state index contributed by atoms with van der Waals surface area (Å²) < 4.78 is 0. The first kappa shape index (κ1) is 6.09. The molecule has 0 fully saturated rings. The summed E-state index contributed by atoms with van der Waals surface area (Å²) in [5.74, 6) is 0. The molecule has 0 saturated carbocycles. The molecule has 0 radical (unpaired) electrons. The SMILES string of the molecule is C=C/C=C/C1=CC=CC1. The van der Waals surface area contributed by atoms with Gasteiger partial charge in [-0.25, -0.2) is 0 Å². The minimum Gasteiger partial charge on any atom is -0.0991 e. The van der Waals surface area contributed by atoms with Crippen LogP contribution in [0, 0.1) is 0 Å². The van der Waals surface area contributed by atoms with E-state index in [0.29, 0.717) is 0 Å². The van der Waals surface area contributed by atoms with E-state index in [1.54, 1.807) is 6.08 Å². The molecule has 0 nitrogen and oxygen atoms in total. The molecule has 0 atom stereocenters. The van der Waals surface area contributed by atoms with Crippen LogP contribution in [-0.2, 0) is 0 Å². The van der Waals surface area contributed by atoms with Crippen molar-refractivity contribution in [2.24, 2.45) is 0 Å². The average Bonchev–Trinajstić information content (AvgIpc) is 2.34. The molecule has 0 heterocycles. The Bertz CT molecular complexity index is 180. The fourth-order valence-corrected chi connectivity index (χ4v) is 0.779. The van der Waals surface area contributed by atoms with Gasteiger partial charge in [-0.15, -0.1) is 0 Å². The minimum atomic E-state index is 1.07. The van der Waals surface area contributed by atoms with Gasteiger partial charge in [0.2, 0.25) is 0 Å². The van der Waals surface area contributed by atoms with Crippen LogP contribution in [0.25, 0.3) is 0 Å². The number of allylic oxidation sites excluding steroid dienone is 7. The molecule has 0 aromatic carbocycles. The highest BCUT2D eigenvalue weighted by Gasteiger charge is 1.90. The van der Waals surface area contributed by atoms with Crippen molar-refractivity contribution >= 4 is 0 Å². The lowest BCUT2D eigenvalue weighted by molar-refractivity contribution is 1.33. The van der Waals surface area contributed by atoms with E-state index in [9.17, 15) is 0 Å². The summed E-state index contributed by atoms with van der Waals surface area (Å²) in [6.45, 7) is 3.59. The lowest BCUT2D eigenvalue weighted by Gasteiger charge is -1.85. The van der Waals surface area contributed by atoms with Crippen LogP contribution in [0.5, 0.6) is 0 Å². The zero-order chi connectivity index (χ0) is 6.53. The molecule has 0 aromatic rings. The summed E-state index contributed by atoms with van der Waals surface area (Å²) in [5.41, 5.74) is 1.36. The average molecular weight is 118 g/mol. The first-order valence-electron chi connectivity index (χ1n) is 3.08. The van der Waals surface area contributed by atoms with Crippen LogP contribution < -0.4 is 0 Å². The van der Waals surface area contributed by atoms with E-state index in [4.69, 9.17) is 0 Å². The highest BCUT2D eigenvalue weighted by molar-refractivity contribution is 5.32. The van der Waals surface area contributed by atoms with Crippen molar-refractivity contribution in [1.82, 2.24) is 0 Å². The smallest absolute Gasteiger partial charge is 0.00943 e. The number of rotatable bonds is 2. The van der Waals surface area contributed by atoms with E-state index in [1.165, 1.54) is 5.57 Å². The first-order chi connectivity index (χ1) is 4.43. The van der Waals surface area contributed by atoms with Crippen LogP contribution in [0.15, 0.2) is 48.6 Å². The second kappa shape index (κ2) is 3.08. The Hall–Kier alpha value is -1.04. The van der Waals surface area contributed by atoms with Crippen LogP contribution in [0.1, 0.15) is 6.42 Å². The van der Waals surface area contributed by atoms with Gasteiger partial charge in [0.1, 0.15) is 0 Å². The monoisotopic (exact) mass is 118 g/mol. The van der Waals surface area contributed by atoms with Gasteiger partial charge >= 0.3 is 0 Å².